The lowest BCUT2D eigenvalue weighted by atomic mass is 10.1. The quantitative estimate of drug-likeness (QED) is 0.924. The van der Waals surface area contributed by atoms with Crippen molar-refractivity contribution < 1.29 is 14.3 Å². The third-order valence-electron chi connectivity index (χ3n) is 4.85. The van der Waals surface area contributed by atoms with Crippen molar-refractivity contribution in [1.29, 1.82) is 0 Å². The molecule has 1 saturated heterocycles. The molecule has 1 aliphatic heterocycles. The summed E-state index contributed by atoms with van der Waals surface area (Å²) in [4.78, 5) is 15.5. The summed E-state index contributed by atoms with van der Waals surface area (Å²) < 4.78 is 13.3. The first-order chi connectivity index (χ1) is 10.1. The van der Waals surface area contributed by atoms with Crippen molar-refractivity contribution in [2.75, 3.05) is 26.2 Å². The van der Waals surface area contributed by atoms with Crippen molar-refractivity contribution in [2.24, 2.45) is 0 Å². The average molecular weight is 292 g/mol. The number of piperazine rings is 1. The monoisotopic (exact) mass is 292 g/mol. The molecule has 1 aromatic rings. The van der Waals surface area contributed by atoms with Crippen molar-refractivity contribution in [3.63, 3.8) is 0 Å². The summed E-state index contributed by atoms with van der Waals surface area (Å²) in [5, 5.41) is 9.08. The molecule has 2 atom stereocenters. The molecule has 2 aliphatic rings. The number of carboxylic acids is 1. The van der Waals surface area contributed by atoms with E-state index in [1.807, 2.05) is 11.0 Å². The van der Waals surface area contributed by atoms with Crippen LogP contribution in [0.4, 0.5) is 4.39 Å². The molecule has 0 radical (unpaired) electrons. The lowest BCUT2D eigenvalue weighted by molar-refractivity contribution is -0.143. The van der Waals surface area contributed by atoms with Gasteiger partial charge in [0.2, 0.25) is 0 Å². The van der Waals surface area contributed by atoms with Crippen LogP contribution in [0.3, 0.4) is 0 Å². The van der Waals surface area contributed by atoms with Crippen LogP contribution in [0.25, 0.3) is 0 Å². The largest absolute Gasteiger partial charge is 0.480 e. The molecule has 4 nitrogen and oxygen atoms in total. The van der Waals surface area contributed by atoms with Gasteiger partial charge in [0, 0.05) is 32.2 Å². The molecule has 1 heterocycles. The highest BCUT2D eigenvalue weighted by atomic mass is 19.1. The van der Waals surface area contributed by atoms with Gasteiger partial charge in [-0.15, -0.1) is 0 Å². The van der Waals surface area contributed by atoms with E-state index in [0.29, 0.717) is 6.04 Å². The van der Waals surface area contributed by atoms with Crippen molar-refractivity contribution in [3.8, 4) is 0 Å². The number of hydrogen-bond donors (Lipinski definition) is 1. The maximum atomic E-state index is 13.3. The summed E-state index contributed by atoms with van der Waals surface area (Å²) in [6.07, 6.45) is 1.97. The fraction of sp³-hybridized carbons (Fsp3) is 0.562. The van der Waals surface area contributed by atoms with E-state index in [1.54, 1.807) is 19.1 Å². The lowest BCUT2D eigenvalue weighted by Crippen LogP contribution is -2.52. The summed E-state index contributed by atoms with van der Waals surface area (Å²) in [6, 6.07) is 5.05. The summed E-state index contributed by atoms with van der Waals surface area (Å²) in [5.41, 5.74) is 2.37. The summed E-state index contributed by atoms with van der Waals surface area (Å²) in [5.74, 6) is -0.917. The molecular weight excluding hydrogens is 271 g/mol. The van der Waals surface area contributed by atoms with Crippen LogP contribution >= 0.6 is 0 Å². The molecule has 5 heteroatoms. The van der Waals surface area contributed by atoms with Gasteiger partial charge < -0.3 is 5.11 Å². The van der Waals surface area contributed by atoms with Crippen LogP contribution in [0.1, 0.15) is 30.5 Å². The van der Waals surface area contributed by atoms with E-state index in [-0.39, 0.29) is 5.82 Å². The van der Waals surface area contributed by atoms with E-state index < -0.39 is 12.0 Å². The van der Waals surface area contributed by atoms with Gasteiger partial charge in [-0.1, -0.05) is 6.07 Å². The standard InChI is InChI=1S/C16H21FN2O2/c1-11(16(20)21)18-6-8-19(9-7-18)15-5-2-12-10-13(17)3-4-14(12)15/h3-4,10-11,15H,2,5-9H2,1H3,(H,20,21). The van der Waals surface area contributed by atoms with E-state index >= 15 is 0 Å². The second kappa shape index (κ2) is 5.73. The van der Waals surface area contributed by atoms with E-state index in [4.69, 9.17) is 5.11 Å². The summed E-state index contributed by atoms with van der Waals surface area (Å²) in [7, 11) is 0. The SMILES string of the molecule is CC(C(=O)O)N1CCN(C2CCc3cc(F)ccc32)CC1. The maximum Gasteiger partial charge on any atom is 0.320 e. The first-order valence-corrected chi connectivity index (χ1v) is 7.55. The minimum atomic E-state index is -0.759. The maximum absolute atomic E-state index is 13.3. The summed E-state index contributed by atoms with van der Waals surface area (Å²) in [6.45, 7) is 5.05. The second-order valence-corrected chi connectivity index (χ2v) is 5.98. The molecule has 0 spiro atoms. The van der Waals surface area contributed by atoms with Crippen molar-refractivity contribution in [2.45, 2.75) is 31.8 Å². The number of carbonyl (C=O) groups is 1. The predicted octanol–water partition coefficient (Wildman–Crippen LogP) is 1.90. The Kier molecular flexibility index (Phi) is 3.95. The number of halogens is 1. The number of aliphatic carboxylic acids is 1. The summed E-state index contributed by atoms with van der Waals surface area (Å²) >= 11 is 0. The predicted molar refractivity (Wildman–Crippen MR) is 77.7 cm³/mol. The van der Waals surface area contributed by atoms with Gasteiger partial charge >= 0.3 is 5.97 Å². The third kappa shape index (κ3) is 2.80. The Morgan fingerprint density at radius 3 is 2.71 bits per heavy atom. The molecule has 1 aliphatic carbocycles. The van der Waals surface area contributed by atoms with Gasteiger partial charge in [0.05, 0.1) is 0 Å². The van der Waals surface area contributed by atoms with E-state index in [0.717, 1.165) is 44.6 Å². The average Bonchev–Trinajstić information content (AvgIpc) is 2.89. The topological polar surface area (TPSA) is 43.8 Å². The molecular formula is C16H21FN2O2. The zero-order valence-electron chi connectivity index (χ0n) is 12.3. The fourth-order valence-corrected chi connectivity index (χ4v) is 3.54. The molecule has 1 fully saturated rings. The molecule has 3 rings (SSSR count). The fourth-order valence-electron chi connectivity index (χ4n) is 3.54. The van der Waals surface area contributed by atoms with Crippen LogP contribution in [-0.2, 0) is 11.2 Å². The zero-order chi connectivity index (χ0) is 15.0. The van der Waals surface area contributed by atoms with E-state index in [1.165, 1.54) is 5.56 Å². The smallest absolute Gasteiger partial charge is 0.320 e. The van der Waals surface area contributed by atoms with Crippen LogP contribution in [0.2, 0.25) is 0 Å². The second-order valence-electron chi connectivity index (χ2n) is 5.98. The zero-order valence-corrected chi connectivity index (χ0v) is 12.3. The molecule has 1 N–H and O–H groups in total. The van der Waals surface area contributed by atoms with Crippen LogP contribution in [0.15, 0.2) is 18.2 Å². The third-order valence-corrected chi connectivity index (χ3v) is 4.85. The van der Waals surface area contributed by atoms with Gasteiger partial charge in [-0.05, 0) is 43.0 Å². The Labute approximate surface area is 124 Å². The Morgan fingerprint density at radius 1 is 1.33 bits per heavy atom. The molecule has 21 heavy (non-hydrogen) atoms. The number of carboxylic acid groups (broad SMARTS) is 1. The van der Waals surface area contributed by atoms with Crippen molar-refractivity contribution in [1.82, 2.24) is 9.80 Å². The van der Waals surface area contributed by atoms with Gasteiger partial charge in [0.15, 0.2) is 0 Å². The van der Waals surface area contributed by atoms with Crippen LogP contribution in [-0.4, -0.2) is 53.1 Å². The number of hydrogen-bond acceptors (Lipinski definition) is 3. The molecule has 0 aromatic heterocycles. The van der Waals surface area contributed by atoms with Gasteiger partial charge in [-0.3, -0.25) is 14.6 Å². The minimum Gasteiger partial charge on any atom is -0.480 e. The Balaban J connectivity index is 1.65. The number of benzene rings is 1. The van der Waals surface area contributed by atoms with Gasteiger partial charge in [0.1, 0.15) is 11.9 Å². The highest BCUT2D eigenvalue weighted by molar-refractivity contribution is 5.72. The Morgan fingerprint density at radius 2 is 2.05 bits per heavy atom. The first-order valence-electron chi connectivity index (χ1n) is 7.55. The van der Waals surface area contributed by atoms with E-state index in [9.17, 15) is 9.18 Å². The van der Waals surface area contributed by atoms with E-state index in [2.05, 4.69) is 4.90 Å². The lowest BCUT2D eigenvalue weighted by Gasteiger charge is -2.39. The van der Waals surface area contributed by atoms with Crippen LogP contribution < -0.4 is 0 Å². The normalized spacial score (nSPS) is 24.8. The molecule has 0 amide bonds. The molecule has 114 valence electrons. The number of rotatable bonds is 3. The van der Waals surface area contributed by atoms with Crippen LogP contribution in [0, 0.1) is 5.82 Å². The Bertz CT molecular complexity index is 541. The van der Waals surface area contributed by atoms with Gasteiger partial charge in [-0.25, -0.2) is 4.39 Å². The first kappa shape index (κ1) is 14.5. The number of fused-ring (bicyclic) bond motifs is 1. The molecule has 2 unspecified atom stereocenters. The highest BCUT2D eigenvalue weighted by Crippen LogP contribution is 2.36. The van der Waals surface area contributed by atoms with Crippen LogP contribution in [0.5, 0.6) is 0 Å². The minimum absolute atomic E-state index is 0.158. The van der Waals surface area contributed by atoms with Crippen molar-refractivity contribution >= 4 is 5.97 Å². The molecule has 1 aromatic carbocycles. The van der Waals surface area contributed by atoms with Gasteiger partial charge in [-0.2, -0.15) is 0 Å². The van der Waals surface area contributed by atoms with Crippen molar-refractivity contribution in [3.05, 3.63) is 35.1 Å². The number of aryl methyl sites for hydroxylation is 1. The molecule has 0 saturated carbocycles. The number of nitrogens with zero attached hydrogens (tertiary/aromatic N) is 2. The van der Waals surface area contributed by atoms with Gasteiger partial charge in [0.25, 0.3) is 0 Å². The Hall–Kier alpha value is -1.46. The molecule has 0 bridgehead atoms. The highest BCUT2D eigenvalue weighted by Gasteiger charge is 2.32.